The lowest BCUT2D eigenvalue weighted by molar-refractivity contribution is 0.100. The van der Waals surface area contributed by atoms with E-state index in [4.69, 9.17) is 5.73 Å². The Bertz CT molecular complexity index is 1290. The Balaban J connectivity index is 1.53. The van der Waals surface area contributed by atoms with Crippen molar-refractivity contribution in [3.8, 4) is 0 Å². The van der Waals surface area contributed by atoms with Gasteiger partial charge in [-0.3, -0.25) is 14.8 Å². The van der Waals surface area contributed by atoms with E-state index in [0.29, 0.717) is 24.5 Å². The number of amides is 1. The van der Waals surface area contributed by atoms with Crippen LogP contribution in [0.15, 0.2) is 53.7 Å². The zero-order chi connectivity index (χ0) is 24.3. The smallest absolute Gasteiger partial charge is 0.252 e. The van der Waals surface area contributed by atoms with Crippen molar-refractivity contribution in [2.24, 2.45) is 5.73 Å². The van der Waals surface area contributed by atoms with Crippen molar-refractivity contribution in [1.29, 1.82) is 0 Å². The molecule has 1 amide bonds. The summed E-state index contributed by atoms with van der Waals surface area (Å²) in [7, 11) is -3.56. The topological polar surface area (TPSA) is 118 Å². The maximum Gasteiger partial charge on any atom is 0.252 e. The van der Waals surface area contributed by atoms with Crippen LogP contribution in [0.5, 0.6) is 0 Å². The predicted octanol–water partition coefficient (Wildman–Crippen LogP) is 2.84. The number of hydrogen-bond acceptors (Lipinski definition) is 6. The molecule has 0 radical (unpaired) electrons. The van der Waals surface area contributed by atoms with Crippen molar-refractivity contribution in [2.45, 2.75) is 30.7 Å². The van der Waals surface area contributed by atoms with E-state index < -0.39 is 27.6 Å². The van der Waals surface area contributed by atoms with E-state index >= 15 is 0 Å². The van der Waals surface area contributed by atoms with Crippen LogP contribution in [0.3, 0.4) is 0 Å². The fourth-order valence-corrected chi connectivity index (χ4v) is 5.22. The Kier molecular flexibility index (Phi) is 6.85. The number of nitrogens with zero attached hydrogens (tertiary/aromatic N) is 3. The molecule has 1 saturated heterocycles. The standard InChI is InChI=1S/C23H23F2N5O3S/c24-20-4-3-5-21(25)18(20)13-29-22-11-16(28-14-19(22)23(26)31)10-15-6-7-17(12-27-15)34(32,33)30-8-1-2-9-30/h3-7,11-12,14H,1-2,8-10,13H2,(H2,26,31)(H,28,29). The molecule has 0 saturated carbocycles. The maximum absolute atomic E-state index is 14.0. The highest BCUT2D eigenvalue weighted by Crippen LogP contribution is 2.22. The number of rotatable bonds is 8. The average molecular weight is 488 g/mol. The molecule has 3 N–H and O–H groups in total. The summed E-state index contributed by atoms with van der Waals surface area (Å²) in [5.41, 5.74) is 6.65. The third-order valence-corrected chi connectivity index (χ3v) is 7.49. The Labute approximate surface area is 195 Å². The van der Waals surface area contributed by atoms with Crippen LogP contribution in [0.2, 0.25) is 0 Å². The normalized spacial score (nSPS) is 14.3. The zero-order valence-corrected chi connectivity index (χ0v) is 19.0. The summed E-state index contributed by atoms with van der Waals surface area (Å²) in [6, 6.07) is 8.22. The molecular formula is C23H23F2N5O3S. The fourth-order valence-electron chi connectivity index (χ4n) is 3.75. The van der Waals surface area contributed by atoms with Crippen LogP contribution in [0.25, 0.3) is 0 Å². The Hall–Kier alpha value is -3.44. The number of benzene rings is 1. The molecule has 1 aliphatic rings. The minimum Gasteiger partial charge on any atom is -0.380 e. The minimum absolute atomic E-state index is 0.0699. The highest BCUT2D eigenvalue weighted by Gasteiger charge is 2.27. The highest BCUT2D eigenvalue weighted by atomic mass is 32.2. The Morgan fingerprint density at radius 1 is 1.03 bits per heavy atom. The summed E-state index contributed by atoms with van der Waals surface area (Å²) in [6.45, 7) is 0.809. The quantitative estimate of drug-likeness (QED) is 0.505. The first-order chi connectivity index (χ1) is 16.3. The molecule has 3 aromatic rings. The van der Waals surface area contributed by atoms with Crippen LogP contribution in [-0.2, 0) is 23.0 Å². The third kappa shape index (κ3) is 5.05. The molecule has 3 heterocycles. The van der Waals surface area contributed by atoms with Gasteiger partial charge in [0, 0.05) is 55.4 Å². The van der Waals surface area contributed by atoms with E-state index in [-0.39, 0.29) is 34.7 Å². The largest absolute Gasteiger partial charge is 0.380 e. The molecule has 1 fully saturated rings. The van der Waals surface area contributed by atoms with Crippen LogP contribution in [0.4, 0.5) is 14.5 Å². The molecule has 2 aromatic heterocycles. The summed E-state index contributed by atoms with van der Waals surface area (Å²) in [6.07, 6.45) is 4.53. The van der Waals surface area contributed by atoms with E-state index in [1.165, 1.54) is 28.8 Å². The number of halogens is 2. The Morgan fingerprint density at radius 3 is 2.32 bits per heavy atom. The molecule has 4 rings (SSSR count). The number of hydrogen-bond donors (Lipinski definition) is 2. The van der Waals surface area contributed by atoms with Crippen molar-refractivity contribution in [2.75, 3.05) is 18.4 Å². The zero-order valence-electron chi connectivity index (χ0n) is 18.2. The van der Waals surface area contributed by atoms with Gasteiger partial charge in [-0.25, -0.2) is 17.2 Å². The van der Waals surface area contributed by atoms with Gasteiger partial charge in [0.2, 0.25) is 10.0 Å². The lowest BCUT2D eigenvalue weighted by Gasteiger charge is -2.15. The van der Waals surface area contributed by atoms with E-state index in [0.717, 1.165) is 25.0 Å². The molecule has 0 spiro atoms. The van der Waals surface area contributed by atoms with E-state index in [9.17, 15) is 22.0 Å². The first-order valence-corrected chi connectivity index (χ1v) is 12.1. The second kappa shape index (κ2) is 9.82. The number of primary amides is 1. The molecule has 0 bridgehead atoms. The molecule has 1 aromatic carbocycles. The number of pyridine rings is 2. The number of anilines is 1. The predicted molar refractivity (Wildman–Crippen MR) is 121 cm³/mol. The van der Waals surface area contributed by atoms with Crippen molar-refractivity contribution in [3.05, 3.63) is 82.9 Å². The van der Waals surface area contributed by atoms with Gasteiger partial charge in [-0.1, -0.05) is 6.07 Å². The summed E-state index contributed by atoms with van der Waals surface area (Å²) >= 11 is 0. The number of aromatic nitrogens is 2. The van der Waals surface area contributed by atoms with E-state index in [1.54, 1.807) is 12.1 Å². The summed E-state index contributed by atoms with van der Waals surface area (Å²) in [5, 5.41) is 2.85. The average Bonchev–Trinajstić information content (AvgIpc) is 3.35. The van der Waals surface area contributed by atoms with Crippen LogP contribution >= 0.6 is 0 Å². The monoisotopic (exact) mass is 487 g/mol. The summed E-state index contributed by atoms with van der Waals surface area (Å²) in [5.74, 6) is -2.17. The molecule has 0 aliphatic carbocycles. The van der Waals surface area contributed by atoms with Gasteiger partial charge in [-0.05, 0) is 43.2 Å². The van der Waals surface area contributed by atoms with Crippen LogP contribution in [-0.4, -0.2) is 41.7 Å². The molecule has 34 heavy (non-hydrogen) atoms. The van der Waals surface area contributed by atoms with Crippen molar-refractivity contribution >= 4 is 21.6 Å². The molecule has 11 heteroatoms. The lowest BCUT2D eigenvalue weighted by atomic mass is 10.1. The first-order valence-electron chi connectivity index (χ1n) is 10.7. The molecule has 178 valence electrons. The van der Waals surface area contributed by atoms with E-state index in [1.807, 2.05) is 0 Å². The van der Waals surface area contributed by atoms with Crippen LogP contribution < -0.4 is 11.1 Å². The number of nitrogens with one attached hydrogen (secondary N) is 1. The van der Waals surface area contributed by atoms with Gasteiger partial charge in [0.25, 0.3) is 5.91 Å². The maximum atomic E-state index is 14.0. The van der Waals surface area contributed by atoms with Crippen molar-refractivity contribution < 1.29 is 22.0 Å². The molecule has 0 atom stereocenters. The van der Waals surface area contributed by atoms with Gasteiger partial charge >= 0.3 is 0 Å². The van der Waals surface area contributed by atoms with E-state index in [2.05, 4.69) is 15.3 Å². The van der Waals surface area contributed by atoms with Gasteiger partial charge in [-0.2, -0.15) is 4.31 Å². The summed E-state index contributed by atoms with van der Waals surface area (Å²) in [4.78, 5) is 20.4. The third-order valence-electron chi connectivity index (χ3n) is 5.61. The number of carbonyl (C=O) groups is 1. The SMILES string of the molecule is NC(=O)c1cnc(Cc2ccc(S(=O)(=O)N3CCCC3)cn2)cc1NCc1c(F)cccc1F. The van der Waals surface area contributed by atoms with Gasteiger partial charge in [-0.15, -0.1) is 0 Å². The highest BCUT2D eigenvalue weighted by molar-refractivity contribution is 7.89. The number of carbonyl (C=O) groups excluding carboxylic acids is 1. The summed E-state index contributed by atoms with van der Waals surface area (Å²) < 4.78 is 54.7. The van der Waals surface area contributed by atoms with Gasteiger partial charge in [0.15, 0.2) is 0 Å². The second-order valence-corrected chi connectivity index (χ2v) is 9.85. The van der Waals surface area contributed by atoms with Gasteiger partial charge in [0.05, 0.1) is 11.3 Å². The molecule has 0 unspecified atom stereocenters. The molecule has 8 nitrogen and oxygen atoms in total. The second-order valence-electron chi connectivity index (χ2n) is 7.91. The van der Waals surface area contributed by atoms with Gasteiger partial charge in [0.1, 0.15) is 16.5 Å². The minimum atomic E-state index is -3.56. The van der Waals surface area contributed by atoms with Crippen LogP contribution in [0.1, 0.15) is 40.2 Å². The van der Waals surface area contributed by atoms with Crippen molar-refractivity contribution in [1.82, 2.24) is 14.3 Å². The van der Waals surface area contributed by atoms with Crippen molar-refractivity contribution in [3.63, 3.8) is 0 Å². The first kappa shape index (κ1) is 23.7. The van der Waals surface area contributed by atoms with Crippen LogP contribution in [0, 0.1) is 11.6 Å². The lowest BCUT2D eigenvalue weighted by Crippen LogP contribution is -2.27. The molecule has 1 aliphatic heterocycles. The fraction of sp³-hybridized carbons (Fsp3) is 0.261. The number of sulfonamides is 1. The molecular weight excluding hydrogens is 464 g/mol. The van der Waals surface area contributed by atoms with Gasteiger partial charge < -0.3 is 11.1 Å². The number of nitrogens with two attached hydrogens (primary N) is 1. The Morgan fingerprint density at radius 2 is 1.71 bits per heavy atom.